The number of aryl methyl sites for hydroxylation is 2. The molecule has 1 unspecified atom stereocenters. The molecule has 672 valence electrons. The maximum Gasteiger partial charge on any atom is 0.272 e. The monoisotopic (exact) mass is 1760 g/mol. The van der Waals surface area contributed by atoms with E-state index in [0.29, 0.717) is 55.7 Å². The molecule has 24 nitrogen and oxygen atoms in total. The van der Waals surface area contributed by atoms with Gasteiger partial charge >= 0.3 is 0 Å². The first-order chi connectivity index (χ1) is 64.0. The van der Waals surface area contributed by atoms with E-state index in [9.17, 15) is 24.0 Å². The van der Waals surface area contributed by atoms with Gasteiger partial charge in [0.1, 0.15) is 86.0 Å². The first-order valence-electron chi connectivity index (χ1n) is 46.7. The molecule has 5 fully saturated rings. The van der Waals surface area contributed by atoms with Gasteiger partial charge in [0, 0.05) is 80.2 Å². The molecule has 9 aliphatic heterocycles. The lowest BCUT2D eigenvalue weighted by Crippen LogP contribution is -2.44. The Hall–Kier alpha value is -13.5. The van der Waals surface area contributed by atoms with E-state index in [1.165, 1.54) is 130 Å². The molecule has 0 radical (unpaired) electrons. The summed E-state index contributed by atoms with van der Waals surface area (Å²) in [4.78, 5) is 70.5. The van der Waals surface area contributed by atoms with E-state index in [1.54, 1.807) is 0 Å². The molecule has 14 heterocycles. The maximum atomic E-state index is 12.1. The molecule has 0 bridgehead atoms. The third kappa shape index (κ3) is 17.7. The Morgan fingerprint density at radius 2 is 0.659 bits per heavy atom. The van der Waals surface area contributed by atoms with Gasteiger partial charge in [-0.3, -0.25) is 38.7 Å². The Kier molecular flexibility index (Phi) is 24.5. The molecule has 1 saturated carbocycles. The zero-order chi connectivity index (χ0) is 88.9. The third-order valence-electron chi connectivity index (χ3n) is 27.8. The van der Waals surface area contributed by atoms with Crippen LogP contribution in [0.3, 0.4) is 0 Å². The number of hydrogen-bond acceptors (Lipinski definition) is 19. The largest absolute Gasteiger partial charge is 0.456 e. The number of H-pyrrole nitrogens is 5. The van der Waals surface area contributed by atoms with Gasteiger partial charge in [0.15, 0.2) is 0 Å². The van der Waals surface area contributed by atoms with E-state index in [4.69, 9.17) is 23.7 Å². The Bertz CT molecular complexity index is 7290. The van der Waals surface area contributed by atoms with Gasteiger partial charge in [0.25, 0.3) is 27.8 Å². The Morgan fingerprint density at radius 3 is 1.03 bits per heavy atom. The zero-order valence-corrected chi connectivity index (χ0v) is 74.2. The highest BCUT2D eigenvalue weighted by Crippen LogP contribution is 2.51. The molecular weight excluding hydrogens is 1650 g/mol. The number of benzene rings is 10. The van der Waals surface area contributed by atoms with Gasteiger partial charge in [-0.05, 0) is 270 Å². The second kappa shape index (κ2) is 37.4. The van der Waals surface area contributed by atoms with Crippen molar-refractivity contribution < 1.29 is 23.7 Å². The maximum absolute atomic E-state index is 12.1. The number of likely N-dealkylation sites (tertiary alicyclic amines) is 4. The first kappa shape index (κ1) is 86.5. The fraction of sp³-hybridized carbons (Fsp3) is 0.333. The number of rotatable bonds is 14. The van der Waals surface area contributed by atoms with E-state index in [1.807, 2.05) is 121 Å². The minimum Gasteiger partial charge on any atom is -0.456 e. The van der Waals surface area contributed by atoms with Gasteiger partial charge in [-0.1, -0.05) is 133 Å². The highest BCUT2D eigenvalue weighted by molar-refractivity contribution is 6.06. The molecular formula is C108H110N14O10. The van der Waals surface area contributed by atoms with Crippen LogP contribution in [0.4, 0.5) is 0 Å². The first-order valence-corrected chi connectivity index (χ1v) is 46.7. The molecule has 24 heteroatoms. The van der Waals surface area contributed by atoms with E-state index in [2.05, 4.69) is 159 Å². The fourth-order valence-corrected chi connectivity index (χ4v) is 20.8. The normalized spacial score (nSPS) is 17.7. The topological polar surface area (TPSA) is 288 Å². The zero-order valence-electron chi connectivity index (χ0n) is 74.2. The van der Waals surface area contributed by atoms with Crippen molar-refractivity contribution in [3.05, 3.63) is 274 Å². The highest BCUT2D eigenvalue weighted by atomic mass is 16.5. The molecule has 10 aliphatic rings. The predicted octanol–water partition coefficient (Wildman–Crippen LogP) is 21.5. The second-order valence-electron chi connectivity index (χ2n) is 37.4. The van der Waals surface area contributed by atoms with Crippen molar-refractivity contribution in [1.29, 1.82) is 0 Å². The summed E-state index contributed by atoms with van der Waals surface area (Å²) in [7, 11) is 0. The Morgan fingerprint density at radius 1 is 0.326 bits per heavy atom. The predicted molar refractivity (Wildman–Crippen MR) is 521 cm³/mol. The second-order valence-corrected chi connectivity index (χ2v) is 37.4. The van der Waals surface area contributed by atoms with Gasteiger partial charge in [-0.25, -0.2) is 25.5 Å². The van der Waals surface area contributed by atoms with E-state index >= 15 is 0 Å². The lowest BCUT2D eigenvalue weighted by molar-refractivity contribution is 0.105. The van der Waals surface area contributed by atoms with Crippen molar-refractivity contribution >= 4 is 53.9 Å². The highest BCUT2D eigenvalue weighted by Gasteiger charge is 2.32. The number of hydrogen-bond donors (Lipinski definition) is 5. The van der Waals surface area contributed by atoms with E-state index in [-0.39, 0.29) is 35.2 Å². The summed E-state index contributed by atoms with van der Waals surface area (Å²) in [5, 5.41) is 41.9. The molecule has 5 N–H and O–H groups in total. The van der Waals surface area contributed by atoms with Crippen LogP contribution >= 0.6 is 0 Å². The summed E-state index contributed by atoms with van der Waals surface area (Å²) >= 11 is 0. The van der Waals surface area contributed by atoms with Crippen LogP contribution < -0.4 is 51.5 Å². The summed E-state index contributed by atoms with van der Waals surface area (Å²) in [6, 6.07) is 59.3. The quantitative estimate of drug-likeness (QED) is 0.0499. The molecule has 5 aromatic heterocycles. The molecule has 0 amide bonds. The molecule has 25 rings (SSSR count). The van der Waals surface area contributed by atoms with Gasteiger partial charge in [0.05, 0.1) is 53.9 Å². The van der Waals surface area contributed by atoms with Crippen LogP contribution in [0, 0.1) is 23.7 Å². The van der Waals surface area contributed by atoms with Gasteiger partial charge in [0.2, 0.25) is 0 Å². The van der Waals surface area contributed by atoms with E-state index in [0.717, 1.165) is 220 Å². The lowest BCUT2D eigenvalue weighted by atomic mass is 9.80. The van der Waals surface area contributed by atoms with Gasteiger partial charge < -0.3 is 28.6 Å². The van der Waals surface area contributed by atoms with Crippen molar-refractivity contribution in [2.24, 2.45) is 23.7 Å². The van der Waals surface area contributed by atoms with Crippen LogP contribution in [0.5, 0.6) is 57.5 Å². The SMILES string of the molecule is C.C=C1CCN(Cc2ccc3c(c2)-c2n[nH]c(=O)c4cccc(c24)O3)CC1.CC1CCC(CCc2ccc3c(c2)-c2n[nH]c(=O)c4cccc(c24)O3)CC1.CC1CCCN(Cc2ccc3c(c2)-c2n[nH]c(=O)c4cccc(c24)O3)C1.CC1CN(Cc2ccc3c(c2)-c2n[nH]c(=O)c4cccc(c24)O3)C1.O=c1[nH]nc2c3c(cccc13)Oc1ccc(CCCCN3CCCCC3)cc1-2. The number of fused-ring (bicyclic) bond motifs is 10. The number of nitrogens with one attached hydrogen (secondary N) is 5. The van der Waals surface area contributed by atoms with Gasteiger partial charge in [-0.15, -0.1) is 0 Å². The van der Waals surface area contributed by atoms with Crippen LogP contribution in [0.1, 0.15) is 146 Å². The smallest absolute Gasteiger partial charge is 0.272 e. The van der Waals surface area contributed by atoms with E-state index < -0.39 is 0 Å². The summed E-state index contributed by atoms with van der Waals surface area (Å²) in [5.74, 6) is 10.8. The summed E-state index contributed by atoms with van der Waals surface area (Å²) < 4.78 is 30.3. The van der Waals surface area contributed by atoms with Crippen LogP contribution in [-0.4, -0.2) is 129 Å². The lowest BCUT2D eigenvalue weighted by Gasteiger charge is -2.37. The standard InChI is InChI=1S/C23H25N3O2.C23H24N2O2.C21H21N3O2.C21H19N3O2.C19H17N3O2.CH4/c27-23-17-8-6-9-20-21(17)22(24-25-23)18-15-16(10-11-19(18)28-20)7-2-5-14-26-12-3-1-4-13-26;1-14-5-7-15(8-6-14)9-10-16-11-12-19-18(13-16)22-21-17(23(26)25-24-22)3-2-4-20(21)27-19;1-13-4-3-9-24(11-13)12-14-7-8-17-16(10-14)20-19-15(21(25)23-22-20)5-2-6-18(19)26-17;1-13-7-9-24(10-8-13)12-14-5-6-17-16(11-14)20-19-15(21(25)23-22-20)3-2-4-18(19)26-17;1-11-8-22(9-11)10-12-5-6-15-14(7-12)18-17-13(19(23)21-20-18)3-2-4-16(17)24-15;/h6,8-11,15H,1-5,7,12-14H2,(H,25,27);2-4,11-15H,5-10H2,1H3,(H,25,26);2,5-8,10,13H,3-4,9,11-12H2,1H3,(H,23,25);2-6,11H,1,7-10,12H2,(H,23,25);2-7,11H,8-10H2,1H3,(H,21,23);1H4. The average molecular weight is 1760 g/mol. The Balaban J connectivity index is 0.000000103. The van der Waals surface area contributed by atoms with Gasteiger partial charge in [-0.2, -0.15) is 25.5 Å². The summed E-state index contributed by atoms with van der Waals surface area (Å²) in [6.07, 6.45) is 20.1. The molecule has 15 aromatic rings. The van der Waals surface area contributed by atoms with Crippen molar-refractivity contribution in [3.8, 4) is 114 Å². The number of nitrogens with zero attached hydrogens (tertiary/aromatic N) is 9. The molecule has 0 spiro atoms. The average Bonchev–Trinajstić information content (AvgIpc) is 0.761. The van der Waals surface area contributed by atoms with Crippen LogP contribution in [0.15, 0.2) is 218 Å². The van der Waals surface area contributed by atoms with Crippen molar-refractivity contribution in [1.82, 2.24) is 70.6 Å². The minimum absolute atomic E-state index is 0. The number of ether oxygens (including phenoxy) is 5. The molecule has 1 atom stereocenters. The number of aromatic amines is 5. The van der Waals surface area contributed by atoms with Crippen LogP contribution in [0.2, 0.25) is 0 Å². The number of aromatic nitrogens is 10. The van der Waals surface area contributed by atoms with Crippen molar-refractivity contribution in [3.63, 3.8) is 0 Å². The molecule has 132 heavy (non-hydrogen) atoms. The molecule has 4 saturated heterocycles. The van der Waals surface area contributed by atoms with Crippen molar-refractivity contribution in [2.45, 2.75) is 151 Å². The third-order valence-corrected chi connectivity index (χ3v) is 27.8. The number of unbranched alkanes of at least 4 members (excludes halogenated alkanes) is 1. The molecule has 10 aromatic carbocycles. The van der Waals surface area contributed by atoms with Crippen LogP contribution in [-0.2, 0) is 32.5 Å². The molecule has 1 aliphatic carbocycles. The fourth-order valence-electron chi connectivity index (χ4n) is 20.8. The summed E-state index contributed by atoms with van der Waals surface area (Å²) in [5.41, 5.74) is 15.5. The summed E-state index contributed by atoms with van der Waals surface area (Å²) in [6.45, 7) is 24.3. The van der Waals surface area contributed by atoms with Crippen LogP contribution in [0.25, 0.3) is 110 Å². The van der Waals surface area contributed by atoms with Crippen molar-refractivity contribution in [2.75, 3.05) is 58.9 Å². The number of piperidine rings is 3. The minimum atomic E-state index is -0.192. The Labute approximate surface area is 764 Å².